The Kier molecular flexibility index (Phi) is 65.4. The van der Waals surface area contributed by atoms with Crippen molar-refractivity contribution < 1.29 is 24.5 Å². The Balaban J connectivity index is 3.42. The van der Waals surface area contributed by atoms with Gasteiger partial charge >= 0.3 is 5.97 Å². The SMILES string of the molecule is CCCCCCCC/C=C\CCCCCCCCCCCC(=O)OCCCCCCCCCC/C=C\CCCCCCCCCC(=O)NC(CO)C(O)CCCCCCCCCCCCCCCCCCCCCCCC. The molecule has 0 fully saturated rings. The number of carbonyl (C=O) groups excluding carboxylic acids is 2. The largest absolute Gasteiger partial charge is 0.466 e. The van der Waals surface area contributed by atoms with Gasteiger partial charge in [0.1, 0.15) is 0 Å². The highest BCUT2D eigenvalue weighted by molar-refractivity contribution is 5.76. The van der Waals surface area contributed by atoms with Crippen LogP contribution in [0.1, 0.15) is 393 Å². The maximum absolute atomic E-state index is 12.5. The number of aliphatic hydroxyl groups is 2. The number of amides is 1. The minimum atomic E-state index is -0.672. The quantitative estimate of drug-likeness (QED) is 0.0320. The number of esters is 1. The zero-order chi connectivity index (χ0) is 55.7. The van der Waals surface area contributed by atoms with Crippen LogP contribution < -0.4 is 5.32 Å². The average molecular weight is 1080 g/mol. The molecule has 6 nitrogen and oxygen atoms in total. The molecule has 3 N–H and O–H groups in total. The van der Waals surface area contributed by atoms with E-state index >= 15 is 0 Å². The van der Waals surface area contributed by atoms with Crippen LogP contribution in [0.2, 0.25) is 0 Å². The zero-order valence-electron chi connectivity index (χ0n) is 52.2. The van der Waals surface area contributed by atoms with E-state index in [1.165, 1.54) is 315 Å². The van der Waals surface area contributed by atoms with Crippen LogP contribution in [-0.2, 0) is 14.3 Å². The van der Waals surface area contributed by atoms with E-state index in [0.29, 0.717) is 25.9 Å². The summed E-state index contributed by atoms with van der Waals surface area (Å²) in [5.41, 5.74) is 0. The molecule has 0 spiro atoms. The third kappa shape index (κ3) is 63.4. The van der Waals surface area contributed by atoms with Crippen LogP contribution in [0, 0.1) is 0 Å². The van der Waals surface area contributed by atoms with E-state index in [9.17, 15) is 19.8 Å². The van der Waals surface area contributed by atoms with Crippen LogP contribution in [0.5, 0.6) is 0 Å². The summed E-state index contributed by atoms with van der Waals surface area (Å²) < 4.78 is 5.50. The van der Waals surface area contributed by atoms with Gasteiger partial charge in [-0.25, -0.2) is 0 Å². The molecular weight excluding hydrogens is 947 g/mol. The molecule has 0 bridgehead atoms. The monoisotopic (exact) mass is 1080 g/mol. The summed E-state index contributed by atoms with van der Waals surface area (Å²) in [4.78, 5) is 24.7. The van der Waals surface area contributed by atoms with Crippen molar-refractivity contribution in [2.24, 2.45) is 0 Å². The maximum atomic E-state index is 12.5. The minimum Gasteiger partial charge on any atom is -0.466 e. The van der Waals surface area contributed by atoms with Crippen LogP contribution in [0.15, 0.2) is 24.3 Å². The van der Waals surface area contributed by atoms with Crippen LogP contribution in [0.3, 0.4) is 0 Å². The zero-order valence-corrected chi connectivity index (χ0v) is 52.2. The molecule has 2 unspecified atom stereocenters. The molecule has 0 radical (unpaired) electrons. The van der Waals surface area contributed by atoms with Crippen molar-refractivity contribution in [2.75, 3.05) is 13.2 Å². The second kappa shape index (κ2) is 66.8. The number of allylic oxidation sites excluding steroid dienone is 4. The number of aliphatic hydroxyl groups excluding tert-OH is 2. The number of hydrogen-bond acceptors (Lipinski definition) is 5. The molecule has 0 aliphatic carbocycles. The van der Waals surface area contributed by atoms with Crippen LogP contribution in [0.4, 0.5) is 0 Å². The lowest BCUT2D eigenvalue weighted by Crippen LogP contribution is -2.45. The van der Waals surface area contributed by atoms with Crippen molar-refractivity contribution in [3.05, 3.63) is 24.3 Å². The fraction of sp³-hybridized carbons (Fsp3) is 0.915. The number of unbranched alkanes of at least 4 members (excludes halogenated alkanes) is 51. The lowest BCUT2D eigenvalue weighted by molar-refractivity contribution is -0.143. The van der Waals surface area contributed by atoms with Crippen LogP contribution in [0.25, 0.3) is 0 Å². The Morgan fingerprint density at radius 2 is 0.610 bits per heavy atom. The number of hydrogen-bond donors (Lipinski definition) is 3. The van der Waals surface area contributed by atoms with Crippen molar-refractivity contribution in [3.63, 3.8) is 0 Å². The first-order valence-electron chi connectivity index (χ1n) is 35.1. The first-order chi connectivity index (χ1) is 38.0. The Morgan fingerprint density at radius 3 is 0.922 bits per heavy atom. The Morgan fingerprint density at radius 1 is 0.351 bits per heavy atom. The number of rotatable bonds is 66. The summed E-state index contributed by atoms with van der Waals surface area (Å²) in [7, 11) is 0. The van der Waals surface area contributed by atoms with Gasteiger partial charge in [0.2, 0.25) is 5.91 Å². The molecule has 77 heavy (non-hydrogen) atoms. The van der Waals surface area contributed by atoms with E-state index in [2.05, 4.69) is 43.5 Å². The van der Waals surface area contributed by atoms with E-state index in [-0.39, 0.29) is 18.5 Å². The summed E-state index contributed by atoms with van der Waals surface area (Å²) in [6.45, 7) is 4.97. The van der Waals surface area contributed by atoms with Crippen LogP contribution in [-0.4, -0.2) is 47.4 Å². The molecule has 1 amide bonds. The molecule has 0 aromatic carbocycles. The van der Waals surface area contributed by atoms with E-state index in [0.717, 1.165) is 44.9 Å². The first-order valence-corrected chi connectivity index (χ1v) is 35.1. The summed E-state index contributed by atoms with van der Waals surface area (Å²) in [6, 6.07) is -0.550. The van der Waals surface area contributed by atoms with Gasteiger partial charge in [0.15, 0.2) is 0 Å². The van der Waals surface area contributed by atoms with Gasteiger partial charge in [-0.3, -0.25) is 9.59 Å². The predicted molar refractivity (Wildman–Crippen MR) is 338 cm³/mol. The fourth-order valence-electron chi connectivity index (χ4n) is 11.1. The minimum absolute atomic E-state index is 0.00465. The molecule has 0 saturated carbocycles. The molecule has 0 aliphatic heterocycles. The lowest BCUT2D eigenvalue weighted by atomic mass is 10.0. The second-order valence-electron chi connectivity index (χ2n) is 24.2. The summed E-state index contributed by atoms with van der Waals surface area (Å²) in [5.74, 6) is -0.0357. The molecule has 0 rings (SSSR count). The second-order valence-corrected chi connectivity index (χ2v) is 24.2. The fourth-order valence-corrected chi connectivity index (χ4v) is 11.1. The standard InChI is InChI=1S/C71H137NO5/c1-3-5-7-9-11-13-15-17-19-21-23-24-25-28-31-35-39-43-47-51-55-59-63-69(74)68(67-73)72-70(75)64-60-56-52-48-44-40-36-32-29-26-30-34-38-42-46-50-54-58-62-66-77-71(76)65-61-57-53-49-45-41-37-33-27-22-20-18-16-14-12-10-8-6-4-2/h18,20,26,29,68-69,73-74H,3-17,19,21-25,27-28,30-67H2,1-2H3,(H,72,75)/b20-18-,29-26-. The summed E-state index contributed by atoms with van der Waals surface area (Å²) in [5, 5.41) is 23.4. The molecule has 456 valence electrons. The maximum Gasteiger partial charge on any atom is 0.305 e. The molecular formula is C71H137NO5. The third-order valence-corrected chi connectivity index (χ3v) is 16.5. The van der Waals surface area contributed by atoms with Gasteiger partial charge < -0.3 is 20.3 Å². The smallest absolute Gasteiger partial charge is 0.305 e. The molecule has 0 aromatic rings. The first kappa shape index (κ1) is 75.3. The van der Waals surface area contributed by atoms with E-state index < -0.39 is 12.1 Å². The van der Waals surface area contributed by atoms with Crippen molar-refractivity contribution in [3.8, 4) is 0 Å². The lowest BCUT2D eigenvalue weighted by Gasteiger charge is -2.22. The Labute approximate surface area is 481 Å². The van der Waals surface area contributed by atoms with Crippen molar-refractivity contribution >= 4 is 11.9 Å². The van der Waals surface area contributed by atoms with Gasteiger partial charge in [-0.15, -0.1) is 0 Å². The molecule has 0 heterocycles. The summed E-state index contributed by atoms with van der Waals surface area (Å²) in [6.07, 6.45) is 83.5. The van der Waals surface area contributed by atoms with Gasteiger partial charge in [-0.1, -0.05) is 327 Å². The van der Waals surface area contributed by atoms with E-state index in [1.807, 2.05) is 0 Å². The van der Waals surface area contributed by atoms with Crippen LogP contribution >= 0.6 is 0 Å². The van der Waals surface area contributed by atoms with Crippen molar-refractivity contribution in [2.45, 2.75) is 405 Å². The van der Waals surface area contributed by atoms with Crippen molar-refractivity contribution in [1.29, 1.82) is 0 Å². The van der Waals surface area contributed by atoms with Gasteiger partial charge in [0.25, 0.3) is 0 Å². The van der Waals surface area contributed by atoms with Crippen molar-refractivity contribution in [1.82, 2.24) is 5.32 Å². The third-order valence-electron chi connectivity index (χ3n) is 16.5. The molecule has 0 aliphatic rings. The van der Waals surface area contributed by atoms with E-state index in [1.54, 1.807) is 0 Å². The normalized spacial score (nSPS) is 12.6. The highest BCUT2D eigenvalue weighted by Crippen LogP contribution is 2.19. The highest BCUT2D eigenvalue weighted by Gasteiger charge is 2.20. The topological polar surface area (TPSA) is 95.9 Å². The molecule has 2 atom stereocenters. The molecule has 6 heteroatoms. The Hall–Kier alpha value is -1.66. The van der Waals surface area contributed by atoms with Gasteiger partial charge in [0, 0.05) is 12.8 Å². The van der Waals surface area contributed by atoms with Gasteiger partial charge in [0.05, 0.1) is 25.4 Å². The summed E-state index contributed by atoms with van der Waals surface area (Å²) >= 11 is 0. The average Bonchev–Trinajstić information content (AvgIpc) is 3.43. The predicted octanol–water partition coefficient (Wildman–Crippen LogP) is 22.5. The van der Waals surface area contributed by atoms with Gasteiger partial charge in [-0.05, 0) is 77.0 Å². The number of nitrogens with one attached hydrogen (secondary N) is 1. The highest BCUT2D eigenvalue weighted by atomic mass is 16.5. The van der Waals surface area contributed by atoms with E-state index in [4.69, 9.17) is 4.74 Å². The van der Waals surface area contributed by atoms with Gasteiger partial charge in [-0.2, -0.15) is 0 Å². The molecule has 0 aromatic heterocycles. The number of carbonyl (C=O) groups is 2. The number of ether oxygens (including phenoxy) is 1. The Bertz CT molecular complexity index is 1200. The molecule has 0 saturated heterocycles.